The molecule has 0 radical (unpaired) electrons. The Morgan fingerprint density at radius 1 is 1.41 bits per heavy atom. The van der Waals surface area contributed by atoms with Crippen LogP contribution in [0.15, 0.2) is 11.5 Å². The normalized spacial score (nSPS) is 12.5. The zero-order chi connectivity index (χ0) is 13.5. The molecule has 0 bridgehead atoms. The summed E-state index contributed by atoms with van der Waals surface area (Å²) in [5.41, 5.74) is -1.99. The first kappa shape index (κ1) is 15.2. The SMILES string of the molecule is CCCCNC(=O)NC(=C(F)C#N)C(F)(F)F. The Bertz CT molecular complexity index is 343. The van der Waals surface area contributed by atoms with E-state index in [4.69, 9.17) is 5.26 Å². The van der Waals surface area contributed by atoms with Gasteiger partial charge in [-0.25, -0.2) is 4.79 Å². The van der Waals surface area contributed by atoms with Crippen LogP contribution in [0, 0.1) is 11.3 Å². The van der Waals surface area contributed by atoms with E-state index in [9.17, 15) is 22.4 Å². The number of nitriles is 1. The van der Waals surface area contributed by atoms with Crippen LogP contribution in [-0.2, 0) is 0 Å². The first-order valence-corrected chi connectivity index (χ1v) is 4.74. The van der Waals surface area contributed by atoms with Gasteiger partial charge < -0.3 is 10.6 Å². The molecule has 0 atom stereocenters. The van der Waals surface area contributed by atoms with Crippen LogP contribution in [0.3, 0.4) is 0 Å². The molecule has 0 aromatic rings. The first-order valence-electron chi connectivity index (χ1n) is 4.74. The number of rotatable bonds is 4. The lowest BCUT2D eigenvalue weighted by Crippen LogP contribution is -2.40. The fourth-order valence-electron chi connectivity index (χ4n) is 0.843. The molecule has 4 nitrogen and oxygen atoms in total. The number of halogens is 4. The summed E-state index contributed by atoms with van der Waals surface area (Å²) in [5, 5.41) is 11.4. The summed E-state index contributed by atoms with van der Waals surface area (Å²) < 4.78 is 49.2. The summed E-state index contributed by atoms with van der Waals surface area (Å²) in [5.74, 6) is -2.08. The van der Waals surface area contributed by atoms with Gasteiger partial charge in [-0.2, -0.15) is 22.8 Å². The number of alkyl halides is 3. The fourth-order valence-corrected chi connectivity index (χ4v) is 0.843. The van der Waals surface area contributed by atoms with Crippen LogP contribution in [0.2, 0.25) is 0 Å². The predicted octanol–water partition coefficient (Wildman–Crippen LogP) is 2.35. The van der Waals surface area contributed by atoms with Gasteiger partial charge >= 0.3 is 12.2 Å². The van der Waals surface area contributed by atoms with E-state index >= 15 is 0 Å². The van der Waals surface area contributed by atoms with Gasteiger partial charge in [-0.3, -0.25) is 0 Å². The number of urea groups is 1. The van der Waals surface area contributed by atoms with Gasteiger partial charge in [0.2, 0.25) is 5.83 Å². The van der Waals surface area contributed by atoms with Gasteiger partial charge in [0, 0.05) is 6.54 Å². The number of allylic oxidation sites excluding steroid dienone is 2. The van der Waals surface area contributed by atoms with Crippen molar-refractivity contribution < 1.29 is 22.4 Å². The van der Waals surface area contributed by atoms with Crippen molar-refractivity contribution in [2.24, 2.45) is 0 Å². The topological polar surface area (TPSA) is 64.9 Å². The number of amides is 2. The molecule has 0 aliphatic carbocycles. The number of hydrogen-bond acceptors (Lipinski definition) is 2. The van der Waals surface area contributed by atoms with Gasteiger partial charge in [0.25, 0.3) is 0 Å². The van der Waals surface area contributed by atoms with Gasteiger partial charge in [0.05, 0.1) is 0 Å². The maximum absolute atomic E-state index is 12.6. The maximum atomic E-state index is 12.6. The number of unbranched alkanes of at least 4 members (excludes halogenated alkanes) is 1. The highest BCUT2D eigenvalue weighted by Crippen LogP contribution is 2.26. The molecular formula is C9H11F4N3O. The average Bonchev–Trinajstić information content (AvgIpc) is 2.23. The molecule has 0 saturated heterocycles. The van der Waals surface area contributed by atoms with Gasteiger partial charge in [-0.1, -0.05) is 13.3 Å². The minimum Gasteiger partial charge on any atom is -0.338 e. The second kappa shape index (κ2) is 6.73. The predicted molar refractivity (Wildman–Crippen MR) is 51.2 cm³/mol. The highest BCUT2D eigenvalue weighted by molar-refractivity contribution is 5.76. The van der Waals surface area contributed by atoms with E-state index in [-0.39, 0.29) is 6.54 Å². The van der Waals surface area contributed by atoms with Crippen LogP contribution in [-0.4, -0.2) is 18.8 Å². The van der Waals surface area contributed by atoms with Crippen LogP contribution in [0.5, 0.6) is 0 Å². The molecule has 0 saturated carbocycles. The number of nitrogens with zero attached hydrogens (tertiary/aromatic N) is 1. The lowest BCUT2D eigenvalue weighted by molar-refractivity contribution is -0.0971. The highest BCUT2D eigenvalue weighted by atomic mass is 19.4. The number of nitrogens with one attached hydrogen (secondary N) is 2. The lowest BCUT2D eigenvalue weighted by Gasteiger charge is -2.13. The molecule has 8 heteroatoms. The summed E-state index contributed by atoms with van der Waals surface area (Å²) in [6.45, 7) is 2.00. The van der Waals surface area contributed by atoms with Crippen LogP contribution in [0.25, 0.3) is 0 Å². The van der Waals surface area contributed by atoms with E-state index < -0.39 is 23.7 Å². The standard InChI is InChI=1S/C9H11F4N3O/c1-2-3-4-15-8(17)16-7(6(10)5-14)9(11,12)13/h2-4H2,1H3,(H2,15,16,17). The second-order valence-electron chi connectivity index (χ2n) is 3.03. The Hall–Kier alpha value is -1.78. The molecule has 0 aliphatic rings. The molecule has 17 heavy (non-hydrogen) atoms. The third-order valence-corrected chi connectivity index (χ3v) is 1.66. The zero-order valence-electron chi connectivity index (χ0n) is 8.99. The van der Waals surface area contributed by atoms with E-state index in [2.05, 4.69) is 5.32 Å². The number of carbonyl (C=O) groups is 1. The molecule has 0 fully saturated rings. The minimum absolute atomic E-state index is 0.168. The van der Waals surface area contributed by atoms with Gasteiger partial charge in [0.15, 0.2) is 5.70 Å². The summed E-state index contributed by atoms with van der Waals surface area (Å²) in [7, 11) is 0. The minimum atomic E-state index is -5.12. The molecule has 96 valence electrons. The third kappa shape index (κ3) is 5.75. The first-order chi connectivity index (χ1) is 7.82. The lowest BCUT2D eigenvalue weighted by atomic mass is 10.3. The van der Waals surface area contributed by atoms with E-state index in [1.165, 1.54) is 5.32 Å². The summed E-state index contributed by atoms with van der Waals surface area (Å²) in [4.78, 5) is 11.0. The van der Waals surface area contributed by atoms with E-state index in [0.717, 1.165) is 6.42 Å². The molecule has 2 N–H and O–H groups in total. The largest absolute Gasteiger partial charge is 0.435 e. The molecule has 0 unspecified atom stereocenters. The molecule has 0 heterocycles. The number of carbonyl (C=O) groups excluding carboxylic acids is 1. The fraction of sp³-hybridized carbons (Fsp3) is 0.556. The van der Waals surface area contributed by atoms with E-state index in [1.807, 2.05) is 6.92 Å². The quantitative estimate of drug-likeness (QED) is 0.459. The van der Waals surface area contributed by atoms with Crippen molar-refractivity contribution in [2.75, 3.05) is 6.54 Å². The molecular weight excluding hydrogens is 242 g/mol. The Labute approximate surface area is 95.3 Å². The van der Waals surface area contributed by atoms with Crippen molar-refractivity contribution in [2.45, 2.75) is 25.9 Å². The maximum Gasteiger partial charge on any atom is 0.435 e. The van der Waals surface area contributed by atoms with Crippen molar-refractivity contribution in [3.8, 4) is 6.07 Å². The monoisotopic (exact) mass is 253 g/mol. The van der Waals surface area contributed by atoms with Crippen LogP contribution >= 0.6 is 0 Å². The Kier molecular flexibility index (Phi) is 6.02. The third-order valence-electron chi connectivity index (χ3n) is 1.66. The Balaban J connectivity index is 4.60. The smallest absolute Gasteiger partial charge is 0.338 e. The highest BCUT2D eigenvalue weighted by Gasteiger charge is 2.38. The molecule has 0 aromatic heterocycles. The molecule has 0 aliphatic heterocycles. The van der Waals surface area contributed by atoms with E-state index in [0.29, 0.717) is 12.5 Å². The van der Waals surface area contributed by atoms with Gasteiger partial charge in [-0.15, -0.1) is 0 Å². The number of hydrogen-bond donors (Lipinski definition) is 2. The zero-order valence-corrected chi connectivity index (χ0v) is 8.99. The van der Waals surface area contributed by atoms with Crippen molar-refractivity contribution in [1.82, 2.24) is 10.6 Å². The molecule has 0 rings (SSSR count). The average molecular weight is 253 g/mol. The van der Waals surface area contributed by atoms with Crippen LogP contribution in [0.4, 0.5) is 22.4 Å². The molecule has 0 aromatic carbocycles. The Morgan fingerprint density at radius 2 is 2.00 bits per heavy atom. The van der Waals surface area contributed by atoms with Gasteiger partial charge in [0.1, 0.15) is 6.07 Å². The van der Waals surface area contributed by atoms with Crippen molar-refractivity contribution >= 4 is 6.03 Å². The van der Waals surface area contributed by atoms with Gasteiger partial charge in [-0.05, 0) is 6.42 Å². The molecule has 0 spiro atoms. The van der Waals surface area contributed by atoms with Crippen molar-refractivity contribution in [3.05, 3.63) is 11.5 Å². The Morgan fingerprint density at radius 3 is 2.41 bits per heavy atom. The van der Waals surface area contributed by atoms with Crippen molar-refractivity contribution in [3.63, 3.8) is 0 Å². The molecule has 2 amide bonds. The second-order valence-corrected chi connectivity index (χ2v) is 3.03. The van der Waals surface area contributed by atoms with Crippen LogP contribution in [0.1, 0.15) is 19.8 Å². The van der Waals surface area contributed by atoms with E-state index in [1.54, 1.807) is 0 Å². The van der Waals surface area contributed by atoms with Crippen LogP contribution < -0.4 is 10.6 Å². The van der Waals surface area contributed by atoms with Crippen molar-refractivity contribution in [1.29, 1.82) is 5.26 Å². The summed E-state index contributed by atoms with van der Waals surface area (Å²) in [6.07, 6.45) is -3.80. The summed E-state index contributed by atoms with van der Waals surface area (Å²) in [6, 6.07) is -0.503. The summed E-state index contributed by atoms with van der Waals surface area (Å²) >= 11 is 0.